The number of ether oxygens (including phenoxy) is 5. The molecule has 0 amide bonds. The summed E-state index contributed by atoms with van der Waals surface area (Å²) in [6, 6.07) is 4.70. The van der Waals surface area contributed by atoms with Gasteiger partial charge in [0.15, 0.2) is 42.4 Å². The second-order valence-corrected chi connectivity index (χ2v) is 5.32. The van der Waals surface area contributed by atoms with Gasteiger partial charge < -0.3 is 33.9 Å². The molecule has 8 nitrogen and oxygen atoms in total. The van der Waals surface area contributed by atoms with Gasteiger partial charge in [-0.1, -0.05) is 6.07 Å². The molecule has 3 aliphatic heterocycles. The topological polar surface area (TPSA) is 104 Å². The number of methoxy groups -OCH3 is 1. The fourth-order valence-corrected chi connectivity index (χ4v) is 2.92. The number of fused-ring (bicyclic) bond motifs is 3. The van der Waals surface area contributed by atoms with Gasteiger partial charge in [-0.15, -0.1) is 0 Å². The fourth-order valence-electron chi connectivity index (χ4n) is 2.92. The average molecular weight is 310 g/mol. The fraction of sp³-hybridized carbons (Fsp3) is 0.500. The Bertz CT molecular complexity index is 617. The number of esters is 1. The van der Waals surface area contributed by atoms with Crippen LogP contribution >= 0.6 is 0 Å². The van der Waals surface area contributed by atoms with Crippen molar-refractivity contribution in [3.8, 4) is 11.5 Å². The number of aliphatic hydroxyl groups is 1. The molecule has 0 aromatic heterocycles. The van der Waals surface area contributed by atoms with Crippen LogP contribution in [0.2, 0.25) is 0 Å². The number of benzene rings is 1. The van der Waals surface area contributed by atoms with Gasteiger partial charge in [0.05, 0.1) is 7.11 Å². The number of aromatic hydroxyl groups is 1. The van der Waals surface area contributed by atoms with Crippen LogP contribution in [0.5, 0.6) is 11.5 Å². The minimum Gasteiger partial charge on any atom is -0.504 e. The first-order valence-electron chi connectivity index (χ1n) is 6.80. The molecule has 3 aliphatic rings. The number of rotatable bonds is 2. The van der Waals surface area contributed by atoms with E-state index >= 15 is 0 Å². The molecule has 1 aromatic carbocycles. The van der Waals surface area contributed by atoms with E-state index in [4.69, 9.17) is 23.7 Å². The molecule has 6 atom stereocenters. The third kappa shape index (κ3) is 1.88. The van der Waals surface area contributed by atoms with Crippen molar-refractivity contribution in [2.24, 2.45) is 0 Å². The predicted octanol–water partition coefficient (Wildman–Crippen LogP) is -0.174. The first kappa shape index (κ1) is 13.8. The first-order chi connectivity index (χ1) is 10.6. The van der Waals surface area contributed by atoms with Crippen LogP contribution in [0.4, 0.5) is 0 Å². The summed E-state index contributed by atoms with van der Waals surface area (Å²) in [6.07, 6.45) is -4.82. The molecule has 3 heterocycles. The van der Waals surface area contributed by atoms with Crippen LogP contribution in [0.15, 0.2) is 18.2 Å². The maximum absolute atomic E-state index is 11.4. The van der Waals surface area contributed by atoms with Crippen LogP contribution in [-0.4, -0.2) is 54.0 Å². The van der Waals surface area contributed by atoms with E-state index in [2.05, 4.69) is 0 Å². The average Bonchev–Trinajstić information content (AvgIpc) is 3.13. The van der Waals surface area contributed by atoms with Gasteiger partial charge in [-0.25, -0.2) is 4.79 Å². The molecule has 0 bridgehead atoms. The second kappa shape index (κ2) is 4.82. The lowest BCUT2D eigenvalue weighted by Crippen LogP contribution is -2.32. The summed E-state index contributed by atoms with van der Waals surface area (Å²) in [5, 5.41) is 19.3. The normalized spacial score (nSPS) is 39.5. The van der Waals surface area contributed by atoms with Crippen LogP contribution in [-0.2, 0) is 23.7 Å². The smallest absolute Gasteiger partial charge is 0.338 e. The summed E-state index contributed by atoms with van der Waals surface area (Å²) >= 11 is 0. The lowest BCUT2D eigenvalue weighted by Gasteiger charge is -2.17. The highest BCUT2D eigenvalue weighted by molar-refractivity contribution is 5.78. The van der Waals surface area contributed by atoms with Gasteiger partial charge in [-0.05, 0) is 12.1 Å². The Balaban J connectivity index is 1.54. The third-order valence-corrected chi connectivity index (χ3v) is 4.03. The number of phenols is 1. The predicted molar refractivity (Wildman–Crippen MR) is 67.9 cm³/mol. The Kier molecular flexibility index (Phi) is 3.01. The van der Waals surface area contributed by atoms with Crippen molar-refractivity contribution in [3.63, 3.8) is 0 Å². The monoisotopic (exact) mass is 310 g/mol. The Hall–Kier alpha value is -1.87. The van der Waals surface area contributed by atoms with E-state index in [-0.39, 0.29) is 5.75 Å². The summed E-state index contributed by atoms with van der Waals surface area (Å²) < 4.78 is 27.0. The van der Waals surface area contributed by atoms with Crippen LogP contribution in [0, 0.1) is 0 Å². The highest BCUT2D eigenvalue weighted by atomic mass is 16.8. The van der Waals surface area contributed by atoms with Crippen LogP contribution in [0.1, 0.15) is 11.9 Å². The maximum atomic E-state index is 11.4. The number of phenolic OH excluding ortho intramolecular Hbond substituents is 1. The highest BCUT2D eigenvalue weighted by Gasteiger charge is 2.61. The molecule has 118 valence electrons. The van der Waals surface area contributed by atoms with Crippen molar-refractivity contribution >= 4 is 5.97 Å². The zero-order valence-electron chi connectivity index (χ0n) is 11.5. The molecule has 0 spiro atoms. The molecule has 2 unspecified atom stereocenters. The van der Waals surface area contributed by atoms with Gasteiger partial charge in [-0.2, -0.15) is 0 Å². The number of hydrogen-bond donors (Lipinski definition) is 2. The van der Waals surface area contributed by atoms with Crippen molar-refractivity contribution < 1.29 is 38.7 Å². The van der Waals surface area contributed by atoms with Gasteiger partial charge in [0, 0.05) is 5.56 Å². The number of aliphatic hydroxyl groups excluding tert-OH is 1. The number of carbonyl (C=O) groups is 1. The number of hydrogen-bond acceptors (Lipinski definition) is 8. The Morgan fingerprint density at radius 1 is 1.14 bits per heavy atom. The molecule has 2 N–H and O–H groups in total. The number of carbonyl (C=O) groups excluding carboxylic acids is 1. The zero-order chi connectivity index (χ0) is 15.4. The van der Waals surface area contributed by atoms with Crippen molar-refractivity contribution in [2.45, 2.75) is 37.0 Å². The van der Waals surface area contributed by atoms with Crippen molar-refractivity contribution in [1.82, 2.24) is 0 Å². The summed E-state index contributed by atoms with van der Waals surface area (Å²) in [6.45, 7) is 0. The SMILES string of the molecule is COc1cc(C2OC3O[C@H]4[C@H](OC(=O)[C@@H]4O)[C@@H]3O2)ccc1O. The first-order valence-corrected chi connectivity index (χ1v) is 6.80. The minimum atomic E-state index is -1.31. The van der Waals surface area contributed by atoms with Crippen LogP contribution in [0.3, 0.4) is 0 Å². The van der Waals surface area contributed by atoms with Gasteiger partial charge >= 0.3 is 5.97 Å². The van der Waals surface area contributed by atoms with Gasteiger partial charge in [0.1, 0.15) is 6.10 Å². The zero-order valence-corrected chi connectivity index (χ0v) is 11.5. The lowest BCUT2D eigenvalue weighted by molar-refractivity contribution is -0.173. The van der Waals surface area contributed by atoms with E-state index in [0.29, 0.717) is 11.3 Å². The summed E-state index contributed by atoms with van der Waals surface area (Å²) in [5.74, 6) is -0.413. The summed E-state index contributed by atoms with van der Waals surface area (Å²) in [5.41, 5.74) is 0.633. The van der Waals surface area contributed by atoms with E-state index in [1.54, 1.807) is 12.1 Å². The Morgan fingerprint density at radius 2 is 1.95 bits per heavy atom. The van der Waals surface area contributed by atoms with E-state index < -0.39 is 43.0 Å². The van der Waals surface area contributed by atoms with E-state index in [9.17, 15) is 15.0 Å². The molecule has 4 rings (SSSR count). The quantitative estimate of drug-likeness (QED) is 0.725. The van der Waals surface area contributed by atoms with Crippen molar-refractivity contribution in [2.75, 3.05) is 7.11 Å². The van der Waals surface area contributed by atoms with Gasteiger partial charge in [0.25, 0.3) is 0 Å². The van der Waals surface area contributed by atoms with Crippen molar-refractivity contribution in [3.05, 3.63) is 23.8 Å². The Labute approximate surface area is 125 Å². The molecule has 3 saturated heterocycles. The molecular weight excluding hydrogens is 296 g/mol. The van der Waals surface area contributed by atoms with E-state index in [1.807, 2.05) is 0 Å². The van der Waals surface area contributed by atoms with E-state index in [1.165, 1.54) is 13.2 Å². The third-order valence-electron chi connectivity index (χ3n) is 4.03. The lowest BCUT2D eigenvalue weighted by atomic mass is 10.1. The largest absolute Gasteiger partial charge is 0.504 e. The second-order valence-electron chi connectivity index (χ2n) is 5.32. The van der Waals surface area contributed by atoms with Crippen LogP contribution < -0.4 is 4.74 Å². The summed E-state index contributed by atoms with van der Waals surface area (Å²) in [7, 11) is 1.44. The molecule has 1 aromatic rings. The minimum absolute atomic E-state index is 0.00796. The molecule has 0 aliphatic carbocycles. The van der Waals surface area contributed by atoms with Gasteiger partial charge in [-0.3, -0.25) is 0 Å². The molecule has 0 saturated carbocycles. The standard InChI is InChI=1S/C14H14O8/c1-18-7-4-5(2-3-6(7)15)13-21-11-10-9(20-14(11)22-13)8(16)12(17)19-10/h2-4,8-11,13-16H,1H3/t8-,9-,10+,11+,13?,14?/m1/s1. The molecule has 3 fully saturated rings. The van der Waals surface area contributed by atoms with E-state index in [0.717, 1.165) is 0 Å². The van der Waals surface area contributed by atoms with Gasteiger partial charge in [0.2, 0.25) is 0 Å². The van der Waals surface area contributed by atoms with Crippen molar-refractivity contribution in [1.29, 1.82) is 0 Å². The molecule has 22 heavy (non-hydrogen) atoms. The maximum Gasteiger partial charge on any atom is 0.338 e. The Morgan fingerprint density at radius 3 is 2.73 bits per heavy atom. The highest BCUT2D eigenvalue weighted by Crippen LogP contribution is 2.44. The molecular formula is C14H14O8. The summed E-state index contributed by atoms with van der Waals surface area (Å²) in [4.78, 5) is 11.4. The molecule has 8 heteroatoms. The van der Waals surface area contributed by atoms with Crippen LogP contribution in [0.25, 0.3) is 0 Å². The molecule has 0 radical (unpaired) electrons.